The normalized spacial score (nSPS) is 12.9. The van der Waals surface area contributed by atoms with Gasteiger partial charge in [0.2, 0.25) is 5.91 Å². The van der Waals surface area contributed by atoms with Gasteiger partial charge in [0.05, 0.1) is 12.1 Å². The summed E-state index contributed by atoms with van der Waals surface area (Å²) < 4.78 is 0. The van der Waals surface area contributed by atoms with Crippen LogP contribution in [0.2, 0.25) is 0 Å². The summed E-state index contributed by atoms with van der Waals surface area (Å²) >= 11 is 0. The van der Waals surface area contributed by atoms with Crippen LogP contribution in [0.25, 0.3) is 0 Å². The van der Waals surface area contributed by atoms with Gasteiger partial charge in [-0.1, -0.05) is 55.0 Å². The lowest BCUT2D eigenvalue weighted by molar-refractivity contribution is -0.121. The molecule has 4 nitrogen and oxygen atoms in total. The lowest BCUT2D eigenvalue weighted by Crippen LogP contribution is -2.44. The number of carbonyl (C=O) groups excluding carboxylic acids is 2. The van der Waals surface area contributed by atoms with Gasteiger partial charge in [-0.2, -0.15) is 0 Å². The molecule has 0 fully saturated rings. The minimum Gasteiger partial charge on any atom is -0.351 e. The largest absolute Gasteiger partial charge is 0.351 e. The predicted molar refractivity (Wildman–Crippen MR) is 100 cm³/mol. The summed E-state index contributed by atoms with van der Waals surface area (Å²) in [5.74, 6) is -0.149. The third kappa shape index (κ3) is 5.45. The van der Waals surface area contributed by atoms with Crippen molar-refractivity contribution in [2.24, 2.45) is 0 Å². The maximum absolute atomic E-state index is 12.6. The molecule has 0 aliphatic carbocycles. The van der Waals surface area contributed by atoms with Crippen LogP contribution in [0.1, 0.15) is 54.2 Å². The number of rotatable bonds is 7. The first-order chi connectivity index (χ1) is 12.0. The van der Waals surface area contributed by atoms with Gasteiger partial charge in [0.25, 0.3) is 5.91 Å². The summed E-state index contributed by atoms with van der Waals surface area (Å²) in [5.41, 5.74) is 2.73. The zero-order valence-corrected chi connectivity index (χ0v) is 15.1. The highest BCUT2D eigenvalue weighted by molar-refractivity contribution is 5.94. The van der Waals surface area contributed by atoms with Gasteiger partial charge >= 0.3 is 0 Å². The van der Waals surface area contributed by atoms with Crippen molar-refractivity contribution in [3.8, 4) is 0 Å². The van der Waals surface area contributed by atoms with Crippen molar-refractivity contribution in [3.63, 3.8) is 0 Å². The molecule has 2 aromatic carbocycles. The topological polar surface area (TPSA) is 58.2 Å². The molecule has 0 unspecified atom stereocenters. The lowest BCUT2D eigenvalue weighted by atomic mass is 9.98. The molecular weight excluding hydrogens is 312 g/mol. The smallest absolute Gasteiger partial charge is 0.251 e. The third-order valence-electron chi connectivity index (χ3n) is 4.12. The minimum absolute atomic E-state index is 0.000992. The van der Waals surface area contributed by atoms with E-state index in [1.165, 1.54) is 0 Å². The monoisotopic (exact) mass is 338 g/mol. The van der Waals surface area contributed by atoms with Crippen molar-refractivity contribution < 1.29 is 9.59 Å². The highest BCUT2D eigenvalue weighted by atomic mass is 16.2. The summed E-state index contributed by atoms with van der Waals surface area (Å²) in [7, 11) is 0. The van der Waals surface area contributed by atoms with Gasteiger partial charge in [0.1, 0.15) is 0 Å². The number of amides is 2. The SMILES string of the molecule is CCCC(=O)N[C@H](C)[C@@H](NC(=O)c1ccccc1)c1ccc(C)cc1. The molecule has 0 radical (unpaired) electrons. The van der Waals surface area contributed by atoms with E-state index in [2.05, 4.69) is 10.6 Å². The van der Waals surface area contributed by atoms with Crippen molar-refractivity contribution in [3.05, 3.63) is 71.3 Å². The van der Waals surface area contributed by atoms with Crippen molar-refractivity contribution in [1.82, 2.24) is 10.6 Å². The summed E-state index contributed by atoms with van der Waals surface area (Å²) in [5, 5.41) is 6.06. The average Bonchev–Trinajstić information content (AvgIpc) is 2.61. The summed E-state index contributed by atoms with van der Waals surface area (Å²) in [6, 6.07) is 16.6. The van der Waals surface area contributed by atoms with E-state index < -0.39 is 0 Å². The summed E-state index contributed by atoms with van der Waals surface area (Å²) in [4.78, 5) is 24.6. The van der Waals surface area contributed by atoms with E-state index in [-0.39, 0.29) is 23.9 Å². The Morgan fingerprint density at radius 3 is 2.20 bits per heavy atom. The maximum Gasteiger partial charge on any atom is 0.251 e. The molecule has 2 N–H and O–H groups in total. The lowest BCUT2D eigenvalue weighted by Gasteiger charge is -2.27. The molecule has 2 rings (SSSR count). The Labute approximate surface area is 149 Å². The Morgan fingerprint density at radius 1 is 0.960 bits per heavy atom. The van der Waals surface area contributed by atoms with Gasteiger partial charge in [-0.3, -0.25) is 9.59 Å². The fourth-order valence-corrected chi connectivity index (χ4v) is 2.72. The molecule has 0 aliphatic rings. The van der Waals surface area contributed by atoms with Crippen LogP contribution in [0.3, 0.4) is 0 Å². The van der Waals surface area contributed by atoms with Crippen LogP contribution in [-0.4, -0.2) is 17.9 Å². The van der Waals surface area contributed by atoms with E-state index in [1.54, 1.807) is 12.1 Å². The van der Waals surface area contributed by atoms with Crippen LogP contribution in [0.4, 0.5) is 0 Å². The van der Waals surface area contributed by atoms with Gasteiger partial charge in [0, 0.05) is 12.0 Å². The van der Waals surface area contributed by atoms with E-state index in [1.807, 2.05) is 63.2 Å². The van der Waals surface area contributed by atoms with Crippen LogP contribution < -0.4 is 10.6 Å². The number of aryl methyl sites for hydroxylation is 1. The first kappa shape index (κ1) is 18.7. The highest BCUT2D eigenvalue weighted by Gasteiger charge is 2.23. The van der Waals surface area contributed by atoms with Crippen LogP contribution in [0.15, 0.2) is 54.6 Å². The molecule has 0 bridgehead atoms. The second kappa shape index (κ2) is 9.02. The van der Waals surface area contributed by atoms with Crippen LogP contribution in [-0.2, 0) is 4.79 Å². The van der Waals surface area contributed by atoms with Gasteiger partial charge < -0.3 is 10.6 Å². The zero-order chi connectivity index (χ0) is 18.2. The predicted octanol–water partition coefficient (Wildman–Crippen LogP) is 3.77. The van der Waals surface area contributed by atoms with E-state index in [4.69, 9.17) is 0 Å². The molecule has 4 heteroatoms. The number of hydrogen-bond acceptors (Lipinski definition) is 2. The number of benzene rings is 2. The molecule has 0 aliphatic heterocycles. The first-order valence-electron chi connectivity index (χ1n) is 8.73. The molecular formula is C21H26N2O2. The van der Waals surface area contributed by atoms with Gasteiger partial charge in [-0.15, -0.1) is 0 Å². The zero-order valence-electron chi connectivity index (χ0n) is 15.1. The molecule has 25 heavy (non-hydrogen) atoms. The minimum atomic E-state index is -0.297. The Bertz CT molecular complexity index is 696. The Morgan fingerprint density at radius 2 is 1.60 bits per heavy atom. The van der Waals surface area contributed by atoms with E-state index in [0.29, 0.717) is 12.0 Å². The second-order valence-electron chi connectivity index (χ2n) is 6.33. The van der Waals surface area contributed by atoms with Gasteiger partial charge in [0.15, 0.2) is 0 Å². The van der Waals surface area contributed by atoms with E-state index >= 15 is 0 Å². The van der Waals surface area contributed by atoms with Crippen molar-refractivity contribution in [2.75, 3.05) is 0 Å². The fourth-order valence-electron chi connectivity index (χ4n) is 2.72. The van der Waals surface area contributed by atoms with Crippen LogP contribution in [0, 0.1) is 6.92 Å². The molecule has 0 spiro atoms. The fraction of sp³-hybridized carbons (Fsp3) is 0.333. The number of carbonyl (C=O) groups is 2. The molecule has 2 amide bonds. The Kier molecular flexibility index (Phi) is 6.75. The molecule has 0 saturated carbocycles. The molecule has 2 aromatic rings. The standard InChI is InChI=1S/C21H26N2O2/c1-4-8-19(24)22-16(3)20(17-13-11-15(2)12-14-17)23-21(25)18-9-6-5-7-10-18/h5-7,9-14,16,20H,4,8H2,1-3H3,(H,22,24)(H,23,25)/t16-,20-/m1/s1. The number of hydrogen-bond donors (Lipinski definition) is 2. The molecule has 0 aromatic heterocycles. The quantitative estimate of drug-likeness (QED) is 0.807. The van der Waals surface area contributed by atoms with Gasteiger partial charge in [-0.25, -0.2) is 0 Å². The van der Waals surface area contributed by atoms with Crippen molar-refractivity contribution in [2.45, 2.75) is 45.7 Å². The maximum atomic E-state index is 12.6. The Balaban J connectivity index is 2.20. The van der Waals surface area contributed by atoms with Gasteiger partial charge in [-0.05, 0) is 38.0 Å². The number of nitrogens with one attached hydrogen (secondary N) is 2. The van der Waals surface area contributed by atoms with E-state index in [0.717, 1.165) is 17.5 Å². The summed E-state index contributed by atoms with van der Waals surface area (Å²) in [6.45, 7) is 5.91. The molecule has 0 saturated heterocycles. The molecule has 132 valence electrons. The third-order valence-corrected chi connectivity index (χ3v) is 4.12. The van der Waals surface area contributed by atoms with Crippen molar-refractivity contribution in [1.29, 1.82) is 0 Å². The van der Waals surface area contributed by atoms with Crippen LogP contribution >= 0.6 is 0 Å². The summed E-state index contributed by atoms with van der Waals surface area (Å²) in [6.07, 6.45) is 1.28. The highest BCUT2D eigenvalue weighted by Crippen LogP contribution is 2.19. The van der Waals surface area contributed by atoms with Crippen LogP contribution in [0.5, 0.6) is 0 Å². The molecule has 2 atom stereocenters. The molecule has 0 heterocycles. The average molecular weight is 338 g/mol. The van der Waals surface area contributed by atoms with Crippen molar-refractivity contribution >= 4 is 11.8 Å². The second-order valence-corrected chi connectivity index (χ2v) is 6.33. The first-order valence-corrected chi connectivity index (χ1v) is 8.73. The van der Waals surface area contributed by atoms with E-state index in [9.17, 15) is 9.59 Å². The Hall–Kier alpha value is -2.62.